The van der Waals surface area contributed by atoms with Crippen molar-refractivity contribution in [3.05, 3.63) is 58.6 Å². The first kappa shape index (κ1) is 21.1. The van der Waals surface area contributed by atoms with E-state index in [4.69, 9.17) is 4.74 Å². The second kappa shape index (κ2) is 8.93. The molecule has 2 aromatic rings. The lowest BCUT2D eigenvalue weighted by Crippen LogP contribution is -2.65. The maximum Gasteiger partial charge on any atom is 0.321 e. The highest BCUT2D eigenvalue weighted by Crippen LogP contribution is 2.36. The number of hydrogen-bond acceptors (Lipinski definition) is 5. The lowest BCUT2D eigenvalue weighted by Gasteiger charge is -2.52. The van der Waals surface area contributed by atoms with E-state index >= 15 is 0 Å². The second-order valence-electron chi connectivity index (χ2n) is 7.88. The largest absolute Gasteiger partial charge is 0.497 e. The number of ether oxygens (including phenoxy) is 1. The lowest BCUT2D eigenvalue weighted by molar-refractivity contribution is -0.0720. The Bertz CT molecular complexity index is 877. The van der Waals surface area contributed by atoms with Crippen molar-refractivity contribution < 1.29 is 19.7 Å². The van der Waals surface area contributed by atoms with E-state index in [0.29, 0.717) is 24.5 Å². The van der Waals surface area contributed by atoms with Gasteiger partial charge in [-0.3, -0.25) is 4.90 Å². The number of urea groups is 1. The summed E-state index contributed by atoms with van der Waals surface area (Å²) >= 11 is 3.47. The van der Waals surface area contributed by atoms with Crippen molar-refractivity contribution >= 4 is 27.6 Å². The minimum Gasteiger partial charge on any atom is -0.497 e. The molecule has 0 bridgehead atoms. The summed E-state index contributed by atoms with van der Waals surface area (Å²) < 4.78 is 6.18. The van der Waals surface area contributed by atoms with Crippen LogP contribution in [0.15, 0.2) is 53.0 Å². The van der Waals surface area contributed by atoms with Gasteiger partial charge in [-0.25, -0.2) is 4.79 Å². The van der Waals surface area contributed by atoms with E-state index in [1.165, 1.54) is 5.56 Å². The van der Waals surface area contributed by atoms with Crippen molar-refractivity contribution in [1.82, 2.24) is 9.80 Å². The molecular formula is C22H26BrN3O4. The van der Waals surface area contributed by atoms with E-state index in [9.17, 15) is 15.0 Å². The van der Waals surface area contributed by atoms with Crippen LogP contribution in [0.5, 0.6) is 5.75 Å². The van der Waals surface area contributed by atoms with E-state index in [1.807, 2.05) is 12.1 Å². The van der Waals surface area contributed by atoms with Gasteiger partial charge in [0.25, 0.3) is 0 Å². The minimum atomic E-state index is -0.987. The summed E-state index contributed by atoms with van der Waals surface area (Å²) in [5, 5.41) is 23.6. The minimum absolute atomic E-state index is 0.0839. The number of carbonyl (C=O) groups excluding carboxylic acids is 1. The molecule has 4 rings (SSSR count). The summed E-state index contributed by atoms with van der Waals surface area (Å²) in [5.41, 5.74) is 1.86. The Morgan fingerprint density at radius 2 is 1.67 bits per heavy atom. The number of hydrogen-bond donors (Lipinski definition) is 3. The summed E-state index contributed by atoms with van der Waals surface area (Å²) in [6.07, 6.45) is -1.88. The topological polar surface area (TPSA) is 85.3 Å². The molecule has 0 aromatic heterocycles. The standard InChI is InChI=1S/C22H26BrN3O4/c1-30-17-8-6-16(7-9-17)24-22(29)26-11-19-18(14-2-4-15(23)5-3-14)10-25(19)12-20(27)21(28)13-26/h2-9,18-21,27-28H,10-13H2,1H3,(H,24,29)/t18-,19+,20+,21-/m1/s1. The molecule has 2 aliphatic heterocycles. The van der Waals surface area contributed by atoms with Crippen LogP contribution in [0.1, 0.15) is 11.5 Å². The first-order valence-corrected chi connectivity index (χ1v) is 10.8. The number of β-amino-alcohol motifs (C(OH)–C–C–N with tert-alkyl or cyclic N) is 1. The van der Waals surface area contributed by atoms with Gasteiger partial charge in [0.2, 0.25) is 0 Å². The van der Waals surface area contributed by atoms with Gasteiger partial charge in [-0.1, -0.05) is 28.1 Å². The van der Waals surface area contributed by atoms with Crippen molar-refractivity contribution in [2.24, 2.45) is 0 Å². The van der Waals surface area contributed by atoms with Gasteiger partial charge < -0.3 is 25.2 Å². The first-order chi connectivity index (χ1) is 14.4. The van der Waals surface area contributed by atoms with E-state index in [-0.39, 0.29) is 24.5 Å². The molecule has 2 aliphatic rings. The van der Waals surface area contributed by atoms with Crippen LogP contribution in [0.25, 0.3) is 0 Å². The van der Waals surface area contributed by atoms with Crippen molar-refractivity contribution in [2.75, 3.05) is 38.6 Å². The molecular weight excluding hydrogens is 450 g/mol. The van der Waals surface area contributed by atoms with Crippen molar-refractivity contribution in [3.63, 3.8) is 0 Å². The predicted molar refractivity (Wildman–Crippen MR) is 118 cm³/mol. The van der Waals surface area contributed by atoms with Crippen LogP contribution in [-0.4, -0.2) is 77.6 Å². The van der Waals surface area contributed by atoms with Gasteiger partial charge >= 0.3 is 6.03 Å². The van der Waals surface area contributed by atoms with E-state index in [2.05, 4.69) is 38.3 Å². The Hall–Kier alpha value is -2.13. The van der Waals surface area contributed by atoms with Crippen LogP contribution in [0.2, 0.25) is 0 Å². The molecule has 2 aromatic carbocycles. The number of anilines is 1. The summed E-state index contributed by atoms with van der Waals surface area (Å²) in [6.45, 7) is 1.77. The second-order valence-corrected chi connectivity index (χ2v) is 8.79. The molecule has 8 heteroatoms. The Balaban J connectivity index is 1.50. The average Bonchev–Trinajstić information content (AvgIpc) is 2.74. The average molecular weight is 476 g/mol. The molecule has 2 saturated heterocycles. The number of fused-ring (bicyclic) bond motifs is 1. The molecule has 0 saturated carbocycles. The molecule has 3 N–H and O–H groups in total. The highest BCUT2D eigenvalue weighted by Gasteiger charge is 2.44. The molecule has 2 heterocycles. The number of amides is 2. The van der Waals surface area contributed by atoms with E-state index < -0.39 is 12.2 Å². The molecule has 2 fully saturated rings. The molecule has 0 unspecified atom stereocenters. The van der Waals surface area contributed by atoms with Crippen LogP contribution >= 0.6 is 15.9 Å². The van der Waals surface area contributed by atoms with Crippen molar-refractivity contribution in [3.8, 4) is 5.75 Å². The van der Waals surface area contributed by atoms with Gasteiger partial charge in [-0.2, -0.15) is 0 Å². The fraction of sp³-hybridized carbons (Fsp3) is 0.409. The summed E-state index contributed by atoms with van der Waals surface area (Å²) in [6, 6.07) is 15.1. The summed E-state index contributed by atoms with van der Waals surface area (Å²) in [4.78, 5) is 16.7. The molecule has 2 amide bonds. The van der Waals surface area contributed by atoms with Crippen LogP contribution in [-0.2, 0) is 0 Å². The third-order valence-electron chi connectivity index (χ3n) is 5.97. The van der Waals surface area contributed by atoms with Gasteiger partial charge in [0.05, 0.1) is 25.9 Å². The maximum absolute atomic E-state index is 13.0. The van der Waals surface area contributed by atoms with Crippen LogP contribution in [0.3, 0.4) is 0 Å². The zero-order valence-corrected chi connectivity index (χ0v) is 18.3. The highest BCUT2D eigenvalue weighted by atomic mass is 79.9. The molecule has 4 atom stereocenters. The third-order valence-corrected chi connectivity index (χ3v) is 6.50. The first-order valence-electron chi connectivity index (χ1n) is 10.00. The van der Waals surface area contributed by atoms with E-state index in [1.54, 1.807) is 36.3 Å². The number of aliphatic hydroxyl groups is 2. The van der Waals surface area contributed by atoms with Gasteiger partial charge in [0.1, 0.15) is 5.75 Å². The molecule has 30 heavy (non-hydrogen) atoms. The van der Waals surface area contributed by atoms with Gasteiger partial charge in [-0.15, -0.1) is 0 Å². The third kappa shape index (κ3) is 4.46. The maximum atomic E-state index is 13.0. The fourth-order valence-electron chi connectivity index (χ4n) is 4.17. The Morgan fingerprint density at radius 3 is 2.33 bits per heavy atom. The number of halogens is 1. The highest BCUT2D eigenvalue weighted by molar-refractivity contribution is 9.10. The molecule has 0 spiro atoms. The normalized spacial score (nSPS) is 26.7. The molecule has 160 valence electrons. The molecule has 0 radical (unpaired) electrons. The van der Waals surface area contributed by atoms with Gasteiger partial charge in [0.15, 0.2) is 0 Å². The SMILES string of the molecule is COc1ccc(NC(=O)N2C[C@@H](O)[C@@H](O)CN3C[C@H](c4ccc(Br)cc4)[C@@H]3C2)cc1. The Morgan fingerprint density at radius 1 is 1.00 bits per heavy atom. The summed E-state index contributed by atoms with van der Waals surface area (Å²) in [7, 11) is 1.59. The zero-order chi connectivity index (χ0) is 21.3. The number of rotatable bonds is 3. The predicted octanol–water partition coefficient (Wildman–Crippen LogP) is 2.50. The molecule has 0 aliphatic carbocycles. The number of nitrogens with zero attached hydrogens (tertiary/aromatic N) is 2. The number of aliphatic hydroxyl groups excluding tert-OH is 2. The number of benzene rings is 2. The Labute approximate surface area is 184 Å². The number of nitrogens with one attached hydrogen (secondary N) is 1. The van der Waals surface area contributed by atoms with Crippen LogP contribution in [0, 0.1) is 0 Å². The van der Waals surface area contributed by atoms with Gasteiger partial charge in [0, 0.05) is 41.8 Å². The zero-order valence-electron chi connectivity index (χ0n) is 16.7. The van der Waals surface area contributed by atoms with E-state index in [0.717, 1.165) is 11.0 Å². The molecule has 7 nitrogen and oxygen atoms in total. The van der Waals surface area contributed by atoms with Crippen LogP contribution < -0.4 is 10.1 Å². The smallest absolute Gasteiger partial charge is 0.321 e. The van der Waals surface area contributed by atoms with Crippen LogP contribution in [0.4, 0.5) is 10.5 Å². The van der Waals surface area contributed by atoms with Crippen molar-refractivity contribution in [2.45, 2.75) is 24.2 Å². The monoisotopic (exact) mass is 475 g/mol. The fourth-order valence-corrected chi connectivity index (χ4v) is 4.43. The number of carbonyl (C=O) groups is 1. The van der Waals surface area contributed by atoms with Gasteiger partial charge in [-0.05, 0) is 42.0 Å². The number of methoxy groups -OCH3 is 1. The van der Waals surface area contributed by atoms with Crippen molar-refractivity contribution in [1.29, 1.82) is 0 Å². The lowest BCUT2D eigenvalue weighted by atomic mass is 9.81. The quantitative estimate of drug-likeness (QED) is 0.634. The summed E-state index contributed by atoms with van der Waals surface area (Å²) in [5.74, 6) is 0.983. The Kier molecular flexibility index (Phi) is 6.29.